The molecule has 0 fully saturated rings. The van der Waals surface area contributed by atoms with E-state index in [0.717, 1.165) is 5.56 Å². The van der Waals surface area contributed by atoms with Gasteiger partial charge in [-0.15, -0.1) is 0 Å². The van der Waals surface area contributed by atoms with E-state index in [1.807, 2.05) is 0 Å². The van der Waals surface area contributed by atoms with Gasteiger partial charge in [0, 0.05) is 11.4 Å². The number of anilines is 2. The van der Waals surface area contributed by atoms with Gasteiger partial charge in [0.1, 0.15) is 5.82 Å². The van der Waals surface area contributed by atoms with Crippen LogP contribution in [0.5, 0.6) is 0 Å². The maximum absolute atomic E-state index is 13.5. The summed E-state index contributed by atoms with van der Waals surface area (Å²) in [5.74, 6) is -0.867. The van der Waals surface area contributed by atoms with Crippen LogP contribution in [0.4, 0.5) is 15.8 Å². The normalized spacial score (nSPS) is 10.4. The number of nitrogens with one attached hydrogen (secondary N) is 1. The number of nitrogens with two attached hydrogens (primary N) is 1. The van der Waals surface area contributed by atoms with Crippen LogP contribution < -0.4 is 11.1 Å². The van der Waals surface area contributed by atoms with Gasteiger partial charge in [-0.2, -0.15) is 0 Å². The third kappa shape index (κ3) is 3.11. The molecular weight excluding hydrogens is 347 g/mol. The van der Waals surface area contributed by atoms with Crippen LogP contribution in [0.2, 0.25) is 5.02 Å². The second-order valence-corrected chi connectivity index (χ2v) is 5.54. The third-order valence-electron chi connectivity index (χ3n) is 2.75. The molecule has 0 aliphatic heterocycles. The van der Waals surface area contributed by atoms with E-state index in [2.05, 4.69) is 21.2 Å². The average Bonchev–Trinajstić information content (AvgIpc) is 2.35. The van der Waals surface area contributed by atoms with E-state index >= 15 is 0 Å². The second kappa shape index (κ2) is 5.81. The van der Waals surface area contributed by atoms with Crippen molar-refractivity contribution in [2.45, 2.75) is 6.92 Å². The first-order valence-corrected chi connectivity index (χ1v) is 6.87. The molecule has 2 aromatic rings. The molecule has 0 unspecified atom stereocenters. The quantitative estimate of drug-likeness (QED) is 0.783. The van der Waals surface area contributed by atoms with Crippen molar-refractivity contribution in [3.63, 3.8) is 0 Å². The number of aryl methyl sites for hydroxylation is 1. The van der Waals surface area contributed by atoms with Crippen molar-refractivity contribution in [1.82, 2.24) is 0 Å². The number of carbonyl (C=O) groups excluding carboxylic acids is 1. The highest BCUT2D eigenvalue weighted by atomic mass is 79.9. The lowest BCUT2D eigenvalue weighted by atomic mass is 10.1. The fourth-order valence-electron chi connectivity index (χ4n) is 1.69. The molecule has 2 rings (SSSR count). The molecule has 0 spiro atoms. The van der Waals surface area contributed by atoms with E-state index < -0.39 is 11.7 Å². The number of nitrogen functional groups attached to an aromatic ring is 1. The van der Waals surface area contributed by atoms with E-state index in [1.165, 1.54) is 18.2 Å². The van der Waals surface area contributed by atoms with Gasteiger partial charge in [-0.3, -0.25) is 4.79 Å². The highest BCUT2D eigenvalue weighted by Crippen LogP contribution is 2.25. The predicted molar refractivity (Wildman–Crippen MR) is 82.7 cm³/mol. The topological polar surface area (TPSA) is 55.1 Å². The Kier molecular flexibility index (Phi) is 4.30. The van der Waals surface area contributed by atoms with Crippen molar-refractivity contribution in [2.24, 2.45) is 0 Å². The zero-order valence-electron chi connectivity index (χ0n) is 10.5. The molecule has 2 aromatic carbocycles. The fourth-order valence-corrected chi connectivity index (χ4v) is 2.42. The van der Waals surface area contributed by atoms with Crippen LogP contribution in [0, 0.1) is 12.7 Å². The lowest BCUT2D eigenvalue weighted by Crippen LogP contribution is -2.13. The summed E-state index contributed by atoms with van der Waals surface area (Å²) in [7, 11) is 0. The van der Waals surface area contributed by atoms with E-state index in [1.54, 1.807) is 19.1 Å². The highest BCUT2D eigenvalue weighted by molar-refractivity contribution is 9.10. The zero-order valence-corrected chi connectivity index (χ0v) is 12.8. The Morgan fingerprint density at radius 3 is 2.70 bits per heavy atom. The van der Waals surface area contributed by atoms with E-state index in [9.17, 15) is 9.18 Å². The molecule has 1 amide bonds. The Morgan fingerprint density at radius 2 is 2.05 bits per heavy atom. The Labute approximate surface area is 129 Å². The van der Waals surface area contributed by atoms with Crippen LogP contribution in [0.3, 0.4) is 0 Å². The van der Waals surface area contributed by atoms with Crippen molar-refractivity contribution < 1.29 is 9.18 Å². The van der Waals surface area contributed by atoms with Gasteiger partial charge in [-0.05, 0) is 58.7 Å². The molecule has 3 N–H and O–H groups in total. The molecule has 0 atom stereocenters. The molecule has 0 bridgehead atoms. The van der Waals surface area contributed by atoms with Crippen molar-refractivity contribution in [3.05, 3.63) is 56.8 Å². The first-order valence-electron chi connectivity index (χ1n) is 5.70. The summed E-state index contributed by atoms with van der Waals surface area (Å²) in [6, 6.07) is 7.44. The average molecular weight is 358 g/mol. The molecule has 0 heterocycles. The number of amides is 1. The van der Waals surface area contributed by atoms with Crippen LogP contribution in [-0.4, -0.2) is 5.91 Å². The summed E-state index contributed by atoms with van der Waals surface area (Å²) < 4.78 is 13.8. The largest absolute Gasteiger partial charge is 0.399 e. The van der Waals surface area contributed by atoms with Crippen molar-refractivity contribution in [2.75, 3.05) is 11.1 Å². The van der Waals surface area contributed by atoms with Crippen LogP contribution in [-0.2, 0) is 0 Å². The monoisotopic (exact) mass is 356 g/mol. The van der Waals surface area contributed by atoms with Gasteiger partial charge in [-0.25, -0.2) is 4.39 Å². The minimum absolute atomic E-state index is 0.248. The molecule has 20 heavy (non-hydrogen) atoms. The number of halogens is 3. The summed E-state index contributed by atoms with van der Waals surface area (Å²) in [5, 5.41) is 2.88. The van der Waals surface area contributed by atoms with Crippen LogP contribution in [0.25, 0.3) is 0 Å². The fraction of sp³-hybridized carbons (Fsp3) is 0.0714. The Hall–Kier alpha value is -1.59. The number of hydrogen-bond donors (Lipinski definition) is 2. The lowest BCUT2D eigenvalue weighted by molar-refractivity contribution is 0.102. The minimum atomic E-state index is -0.450. The smallest absolute Gasteiger partial charge is 0.257 e. The van der Waals surface area contributed by atoms with Gasteiger partial charge in [-0.1, -0.05) is 11.6 Å². The lowest BCUT2D eigenvalue weighted by Gasteiger charge is -2.10. The number of carbonyl (C=O) groups is 1. The SMILES string of the molecule is Cc1cc(Br)c(F)cc1NC(=O)c1ccc(N)cc1Cl. The van der Waals surface area contributed by atoms with E-state index in [4.69, 9.17) is 17.3 Å². The van der Waals surface area contributed by atoms with Crippen LogP contribution in [0.15, 0.2) is 34.8 Å². The minimum Gasteiger partial charge on any atom is -0.399 e. The van der Waals surface area contributed by atoms with Crippen molar-refractivity contribution >= 4 is 44.8 Å². The molecule has 3 nitrogen and oxygen atoms in total. The van der Waals surface area contributed by atoms with Gasteiger partial charge < -0.3 is 11.1 Å². The predicted octanol–water partition coefficient (Wildman–Crippen LogP) is 4.38. The summed E-state index contributed by atoms with van der Waals surface area (Å²) >= 11 is 9.05. The molecule has 0 radical (unpaired) electrons. The second-order valence-electron chi connectivity index (χ2n) is 4.27. The van der Waals surface area contributed by atoms with Crippen molar-refractivity contribution in [3.8, 4) is 0 Å². The number of hydrogen-bond acceptors (Lipinski definition) is 2. The Balaban J connectivity index is 2.30. The van der Waals surface area contributed by atoms with Crippen LogP contribution >= 0.6 is 27.5 Å². The molecule has 0 saturated carbocycles. The van der Waals surface area contributed by atoms with Gasteiger partial charge in [0.15, 0.2) is 0 Å². The molecule has 0 aromatic heterocycles. The summed E-state index contributed by atoms with van der Waals surface area (Å²) in [6.07, 6.45) is 0. The Morgan fingerprint density at radius 1 is 1.35 bits per heavy atom. The molecule has 0 aliphatic rings. The van der Waals surface area contributed by atoms with Crippen LogP contribution in [0.1, 0.15) is 15.9 Å². The maximum atomic E-state index is 13.5. The molecule has 0 saturated heterocycles. The standard InChI is InChI=1S/C14H11BrClFN2O/c1-7-4-10(15)12(17)6-13(7)19-14(20)9-3-2-8(18)5-11(9)16/h2-6H,18H2,1H3,(H,19,20). The molecule has 0 aliphatic carbocycles. The first-order chi connectivity index (χ1) is 9.38. The highest BCUT2D eigenvalue weighted by Gasteiger charge is 2.13. The molecular formula is C14H11BrClFN2O. The third-order valence-corrected chi connectivity index (χ3v) is 3.67. The molecule has 6 heteroatoms. The zero-order chi connectivity index (χ0) is 14.9. The van der Waals surface area contributed by atoms with E-state index in [-0.39, 0.29) is 10.6 Å². The van der Waals surface area contributed by atoms with Gasteiger partial charge in [0.25, 0.3) is 5.91 Å². The maximum Gasteiger partial charge on any atom is 0.257 e. The Bertz CT molecular complexity index is 691. The number of rotatable bonds is 2. The van der Waals surface area contributed by atoms with Gasteiger partial charge >= 0.3 is 0 Å². The van der Waals surface area contributed by atoms with Crippen molar-refractivity contribution in [1.29, 1.82) is 0 Å². The van der Waals surface area contributed by atoms with E-state index in [0.29, 0.717) is 15.8 Å². The summed E-state index contributed by atoms with van der Waals surface area (Å²) in [5.41, 5.74) is 7.45. The van der Waals surface area contributed by atoms with Gasteiger partial charge in [0.2, 0.25) is 0 Å². The first kappa shape index (κ1) is 14.8. The van der Waals surface area contributed by atoms with Gasteiger partial charge in [0.05, 0.1) is 15.1 Å². The summed E-state index contributed by atoms with van der Waals surface area (Å²) in [6.45, 7) is 1.77. The molecule has 104 valence electrons. The summed E-state index contributed by atoms with van der Waals surface area (Å²) in [4.78, 5) is 12.1. The number of benzene rings is 2.